The summed E-state index contributed by atoms with van der Waals surface area (Å²) in [5.41, 5.74) is 5.34. The monoisotopic (exact) mass is 270 g/mol. The quantitative estimate of drug-likeness (QED) is 0.665. The van der Waals surface area contributed by atoms with Gasteiger partial charge in [0.25, 0.3) is 0 Å². The van der Waals surface area contributed by atoms with Crippen LogP contribution in [-0.4, -0.2) is 29.0 Å². The number of hydrogen-bond donors (Lipinski definition) is 2. The van der Waals surface area contributed by atoms with Crippen molar-refractivity contribution in [3.8, 4) is 0 Å². The fourth-order valence-electron chi connectivity index (χ4n) is 3.12. The van der Waals surface area contributed by atoms with Crippen LogP contribution in [0.2, 0.25) is 0 Å². The maximum absolute atomic E-state index is 11.9. The Morgan fingerprint density at radius 2 is 2.17 bits per heavy atom. The van der Waals surface area contributed by atoms with Gasteiger partial charge < -0.3 is 11.1 Å². The number of hydrogen-bond acceptors (Lipinski definition) is 3. The van der Waals surface area contributed by atoms with Crippen LogP contribution in [0.4, 0.5) is 0 Å². The number of primary amides is 1. The molecule has 0 aromatic rings. The van der Waals surface area contributed by atoms with Gasteiger partial charge in [-0.15, -0.1) is 0 Å². The number of carbonyl (C=O) groups excluding carboxylic acids is 1. The summed E-state index contributed by atoms with van der Waals surface area (Å²) in [6.07, 6.45) is 8.05. The largest absolute Gasteiger partial charge is 0.368 e. The molecule has 2 fully saturated rings. The molecule has 0 spiro atoms. The minimum atomic E-state index is -0.381. The average Bonchev–Trinajstić information content (AvgIpc) is 3.05. The van der Waals surface area contributed by atoms with E-state index >= 15 is 0 Å². The zero-order chi connectivity index (χ0) is 13.0. The number of amides is 1. The summed E-state index contributed by atoms with van der Waals surface area (Å²) in [6, 6.07) is 0.557. The summed E-state index contributed by atoms with van der Waals surface area (Å²) in [4.78, 5) is 11.9. The Bertz CT molecular complexity index is 294. The van der Waals surface area contributed by atoms with Gasteiger partial charge in [0.2, 0.25) is 5.91 Å². The highest BCUT2D eigenvalue weighted by molar-refractivity contribution is 7.99. The Morgan fingerprint density at radius 1 is 1.39 bits per heavy atom. The van der Waals surface area contributed by atoms with E-state index in [9.17, 15) is 4.79 Å². The van der Waals surface area contributed by atoms with Crippen LogP contribution in [0.5, 0.6) is 0 Å². The second kappa shape index (κ2) is 6.29. The van der Waals surface area contributed by atoms with Crippen LogP contribution in [0, 0.1) is 5.92 Å². The summed E-state index contributed by atoms with van der Waals surface area (Å²) < 4.78 is 0. The first-order valence-electron chi connectivity index (χ1n) is 7.34. The Kier molecular flexibility index (Phi) is 4.96. The van der Waals surface area contributed by atoms with Crippen LogP contribution in [0.15, 0.2) is 0 Å². The highest BCUT2D eigenvalue weighted by Crippen LogP contribution is 2.40. The molecule has 2 atom stereocenters. The van der Waals surface area contributed by atoms with Gasteiger partial charge in [-0.2, -0.15) is 11.8 Å². The van der Waals surface area contributed by atoms with Crippen molar-refractivity contribution < 1.29 is 4.79 Å². The van der Waals surface area contributed by atoms with Crippen molar-refractivity contribution in [3.63, 3.8) is 0 Å². The van der Waals surface area contributed by atoms with Crippen molar-refractivity contribution in [3.05, 3.63) is 0 Å². The van der Waals surface area contributed by atoms with Crippen molar-refractivity contribution in [2.24, 2.45) is 11.7 Å². The topological polar surface area (TPSA) is 55.1 Å². The van der Waals surface area contributed by atoms with Gasteiger partial charge in [0.15, 0.2) is 0 Å². The minimum Gasteiger partial charge on any atom is -0.368 e. The molecule has 0 heterocycles. The molecule has 0 bridgehead atoms. The second-order valence-electron chi connectivity index (χ2n) is 5.74. The van der Waals surface area contributed by atoms with Gasteiger partial charge in [-0.3, -0.25) is 4.79 Å². The summed E-state index contributed by atoms with van der Waals surface area (Å²) in [6.45, 7) is 2.21. The van der Waals surface area contributed by atoms with E-state index in [1.807, 2.05) is 11.8 Å². The smallest absolute Gasteiger partial charge is 0.238 e. The first kappa shape index (κ1) is 14.2. The van der Waals surface area contributed by atoms with Gasteiger partial charge >= 0.3 is 0 Å². The van der Waals surface area contributed by atoms with E-state index in [0.29, 0.717) is 12.0 Å². The zero-order valence-corrected chi connectivity index (χ0v) is 12.2. The molecule has 3 N–H and O–H groups in total. The van der Waals surface area contributed by atoms with Crippen molar-refractivity contribution in [1.82, 2.24) is 5.32 Å². The molecule has 104 valence electrons. The number of carbonyl (C=O) groups is 1. The fourth-order valence-corrected chi connectivity index (χ4v) is 4.06. The van der Waals surface area contributed by atoms with Crippen LogP contribution in [-0.2, 0) is 4.79 Å². The number of rotatable bonds is 8. The predicted octanol–water partition coefficient (Wildman–Crippen LogP) is 2.30. The van der Waals surface area contributed by atoms with Crippen molar-refractivity contribution in [1.29, 1.82) is 0 Å². The molecule has 2 aliphatic rings. The van der Waals surface area contributed by atoms with E-state index in [1.54, 1.807) is 0 Å². The molecular formula is C14H26N2OS. The van der Waals surface area contributed by atoms with E-state index in [-0.39, 0.29) is 11.4 Å². The Morgan fingerprint density at radius 3 is 2.78 bits per heavy atom. The normalized spacial score (nSPS) is 31.7. The van der Waals surface area contributed by atoms with Crippen molar-refractivity contribution in [2.45, 2.75) is 63.5 Å². The third-order valence-electron chi connectivity index (χ3n) is 4.26. The van der Waals surface area contributed by atoms with E-state index in [2.05, 4.69) is 12.2 Å². The molecule has 0 aromatic carbocycles. The third kappa shape index (κ3) is 3.21. The first-order valence-corrected chi connectivity index (χ1v) is 8.50. The highest BCUT2D eigenvalue weighted by Gasteiger charge is 2.49. The molecule has 1 amide bonds. The lowest BCUT2D eigenvalue weighted by Crippen LogP contribution is -2.58. The van der Waals surface area contributed by atoms with E-state index in [0.717, 1.165) is 25.7 Å². The van der Waals surface area contributed by atoms with E-state index < -0.39 is 0 Å². The van der Waals surface area contributed by atoms with Gasteiger partial charge in [0.05, 0.1) is 0 Å². The van der Waals surface area contributed by atoms with Crippen LogP contribution < -0.4 is 11.1 Å². The van der Waals surface area contributed by atoms with E-state index in [4.69, 9.17) is 5.73 Å². The molecule has 4 heteroatoms. The molecule has 0 aromatic heterocycles. The summed E-state index contributed by atoms with van der Waals surface area (Å²) >= 11 is 2.01. The Balaban J connectivity index is 1.91. The maximum atomic E-state index is 11.9. The maximum Gasteiger partial charge on any atom is 0.238 e. The molecule has 2 unspecified atom stereocenters. The zero-order valence-electron chi connectivity index (χ0n) is 11.4. The molecule has 2 saturated carbocycles. The predicted molar refractivity (Wildman–Crippen MR) is 77.7 cm³/mol. The number of thioether (sulfide) groups is 1. The average molecular weight is 270 g/mol. The van der Waals surface area contributed by atoms with Crippen molar-refractivity contribution in [2.75, 3.05) is 11.5 Å². The number of nitrogens with two attached hydrogens (primary N) is 1. The van der Waals surface area contributed by atoms with Gasteiger partial charge in [0, 0.05) is 6.04 Å². The summed E-state index contributed by atoms with van der Waals surface area (Å²) in [5.74, 6) is 2.74. The third-order valence-corrected chi connectivity index (χ3v) is 5.48. The molecule has 3 nitrogen and oxygen atoms in total. The summed E-state index contributed by atoms with van der Waals surface area (Å²) in [7, 11) is 0. The standard InChI is InChI=1S/C14H26N2OS/c1-2-9-18-10-7-11-4-3-8-14(11,13(15)17)16-12-5-6-12/h11-12,16H,2-10H2,1H3,(H2,15,17). The molecule has 0 aliphatic heterocycles. The number of nitrogens with one attached hydrogen (secondary N) is 1. The lowest BCUT2D eigenvalue weighted by Gasteiger charge is -2.34. The molecule has 0 saturated heterocycles. The van der Waals surface area contributed by atoms with Crippen LogP contribution in [0.1, 0.15) is 51.9 Å². The lowest BCUT2D eigenvalue weighted by atomic mass is 9.84. The van der Waals surface area contributed by atoms with Gasteiger partial charge in [-0.1, -0.05) is 13.3 Å². The van der Waals surface area contributed by atoms with Crippen molar-refractivity contribution >= 4 is 17.7 Å². The fraction of sp³-hybridized carbons (Fsp3) is 0.929. The Labute approximate surface area is 115 Å². The molecule has 18 heavy (non-hydrogen) atoms. The molecule has 2 rings (SSSR count). The minimum absolute atomic E-state index is 0.114. The Hall–Kier alpha value is -0.220. The van der Waals surface area contributed by atoms with Crippen LogP contribution in [0.3, 0.4) is 0 Å². The van der Waals surface area contributed by atoms with Crippen LogP contribution in [0.25, 0.3) is 0 Å². The summed E-state index contributed by atoms with van der Waals surface area (Å²) in [5, 5.41) is 3.57. The van der Waals surface area contributed by atoms with Crippen LogP contribution >= 0.6 is 11.8 Å². The van der Waals surface area contributed by atoms with Gasteiger partial charge in [-0.25, -0.2) is 0 Å². The molecular weight excluding hydrogens is 244 g/mol. The highest BCUT2D eigenvalue weighted by atomic mass is 32.2. The van der Waals surface area contributed by atoms with Gasteiger partial charge in [-0.05, 0) is 55.9 Å². The molecule has 0 radical (unpaired) electrons. The van der Waals surface area contributed by atoms with Gasteiger partial charge in [0.1, 0.15) is 5.54 Å². The lowest BCUT2D eigenvalue weighted by molar-refractivity contribution is -0.126. The molecule has 2 aliphatic carbocycles. The second-order valence-corrected chi connectivity index (χ2v) is 6.97. The SMILES string of the molecule is CCCSCCC1CCCC1(NC1CC1)C(N)=O. The van der Waals surface area contributed by atoms with E-state index in [1.165, 1.54) is 30.8 Å². The first-order chi connectivity index (χ1) is 8.69.